The van der Waals surface area contributed by atoms with Crippen molar-refractivity contribution in [1.82, 2.24) is 4.31 Å². The van der Waals surface area contributed by atoms with Gasteiger partial charge in [-0.2, -0.15) is 0 Å². The number of nitrogens with zero attached hydrogens (tertiary/aromatic N) is 1. The van der Waals surface area contributed by atoms with Crippen LogP contribution in [0.3, 0.4) is 0 Å². The van der Waals surface area contributed by atoms with Crippen molar-refractivity contribution in [2.45, 2.75) is 32.3 Å². The van der Waals surface area contributed by atoms with Crippen molar-refractivity contribution in [3.8, 4) is 0 Å². The molecule has 0 aliphatic carbocycles. The minimum atomic E-state index is -3.45. The standard InChI is InChI=1S/C12H19NO3S/c1-5-13(4)17(15,16)12-7-11(8-14)6-9(2)10(12)3/h6-7,14H,5,8H2,1-4H3. The van der Waals surface area contributed by atoms with Crippen LogP contribution < -0.4 is 0 Å². The van der Waals surface area contributed by atoms with Gasteiger partial charge in [0, 0.05) is 13.6 Å². The van der Waals surface area contributed by atoms with Crippen LogP contribution in [0.15, 0.2) is 17.0 Å². The van der Waals surface area contributed by atoms with E-state index in [0.717, 1.165) is 11.1 Å². The number of aliphatic hydroxyl groups is 1. The smallest absolute Gasteiger partial charge is 0.243 e. The van der Waals surface area contributed by atoms with E-state index in [-0.39, 0.29) is 11.5 Å². The van der Waals surface area contributed by atoms with E-state index < -0.39 is 10.0 Å². The molecule has 1 aromatic carbocycles. The molecule has 0 saturated heterocycles. The fourth-order valence-electron chi connectivity index (χ4n) is 1.60. The fraction of sp³-hybridized carbons (Fsp3) is 0.500. The van der Waals surface area contributed by atoms with Crippen LogP contribution in [0.25, 0.3) is 0 Å². The Bertz CT molecular complexity index is 509. The number of aliphatic hydroxyl groups excluding tert-OH is 1. The van der Waals surface area contributed by atoms with Crippen LogP contribution in [-0.4, -0.2) is 31.4 Å². The second kappa shape index (κ2) is 5.16. The second-order valence-corrected chi connectivity index (χ2v) is 6.13. The van der Waals surface area contributed by atoms with Gasteiger partial charge in [0.05, 0.1) is 11.5 Å². The lowest BCUT2D eigenvalue weighted by molar-refractivity contribution is 0.281. The first kappa shape index (κ1) is 14.2. The van der Waals surface area contributed by atoms with E-state index in [9.17, 15) is 8.42 Å². The van der Waals surface area contributed by atoms with Crippen LogP contribution in [-0.2, 0) is 16.6 Å². The maximum atomic E-state index is 12.2. The molecule has 0 spiro atoms. The third-order valence-corrected chi connectivity index (χ3v) is 5.05. The molecule has 17 heavy (non-hydrogen) atoms. The summed E-state index contributed by atoms with van der Waals surface area (Å²) in [5.74, 6) is 0. The number of hydrogen-bond donors (Lipinski definition) is 1. The van der Waals surface area contributed by atoms with Crippen LogP contribution >= 0.6 is 0 Å². The normalized spacial score (nSPS) is 12.1. The van der Waals surface area contributed by atoms with Gasteiger partial charge in [0.1, 0.15) is 0 Å². The zero-order chi connectivity index (χ0) is 13.2. The van der Waals surface area contributed by atoms with E-state index in [4.69, 9.17) is 5.11 Å². The first-order valence-electron chi connectivity index (χ1n) is 5.52. The molecule has 0 aliphatic rings. The molecule has 0 unspecified atom stereocenters. The summed E-state index contributed by atoms with van der Waals surface area (Å²) in [6.45, 7) is 5.69. The summed E-state index contributed by atoms with van der Waals surface area (Å²) in [6, 6.07) is 3.35. The third-order valence-electron chi connectivity index (χ3n) is 3.00. The van der Waals surface area contributed by atoms with E-state index in [1.54, 1.807) is 33.0 Å². The molecule has 0 fully saturated rings. The Balaban J connectivity index is 3.45. The summed E-state index contributed by atoms with van der Waals surface area (Å²) in [5.41, 5.74) is 2.23. The Kier molecular flexibility index (Phi) is 4.30. The Morgan fingerprint density at radius 3 is 2.35 bits per heavy atom. The largest absolute Gasteiger partial charge is 0.392 e. The SMILES string of the molecule is CCN(C)S(=O)(=O)c1cc(CO)cc(C)c1C. The van der Waals surface area contributed by atoms with Crippen LogP contribution in [0.1, 0.15) is 23.6 Å². The van der Waals surface area contributed by atoms with Gasteiger partial charge in [-0.05, 0) is 36.6 Å². The zero-order valence-electron chi connectivity index (χ0n) is 10.7. The quantitative estimate of drug-likeness (QED) is 0.888. The third kappa shape index (κ3) is 2.68. The highest BCUT2D eigenvalue weighted by atomic mass is 32.2. The van der Waals surface area contributed by atoms with Gasteiger partial charge < -0.3 is 5.11 Å². The zero-order valence-corrected chi connectivity index (χ0v) is 11.5. The predicted octanol–water partition coefficient (Wildman–Crippen LogP) is 1.44. The average molecular weight is 257 g/mol. The van der Waals surface area contributed by atoms with Crippen molar-refractivity contribution in [3.63, 3.8) is 0 Å². The molecule has 0 radical (unpaired) electrons. The Labute approximate surface area is 103 Å². The molecule has 0 aromatic heterocycles. The van der Waals surface area contributed by atoms with Crippen molar-refractivity contribution >= 4 is 10.0 Å². The highest BCUT2D eigenvalue weighted by Gasteiger charge is 2.22. The lowest BCUT2D eigenvalue weighted by atomic mass is 10.1. The van der Waals surface area contributed by atoms with Gasteiger partial charge in [0.15, 0.2) is 0 Å². The number of aryl methyl sites for hydroxylation is 1. The molecule has 96 valence electrons. The fourth-order valence-corrected chi connectivity index (χ4v) is 3.12. The maximum absolute atomic E-state index is 12.2. The van der Waals surface area contributed by atoms with Gasteiger partial charge in [-0.1, -0.05) is 13.0 Å². The summed E-state index contributed by atoms with van der Waals surface area (Å²) < 4.78 is 25.8. The van der Waals surface area contributed by atoms with Crippen molar-refractivity contribution < 1.29 is 13.5 Å². The van der Waals surface area contributed by atoms with Crippen LogP contribution in [0.5, 0.6) is 0 Å². The second-order valence-electron chi connectivity index (χ2n) is 4.11. The first-order valence-corrected chi connectivity index (χ1v) is 6.96. The van der Waals surface area contributed by atoms with Gasteiger partial charge in [0.25, 0.3) is 0 Å². The number of sulfonamides is 1. The molecule has 5 heteroatoms. The highest BCUT2D eigenvalue weighted by Crippen LogP contribution is 2.23. The van der Waals surface area contributed by atoms with Crippen molar-refractivity contribution in [3.05, 3.63) is 28.8 Å². The molecule has 4 nitrogen and oxygen atoms in total. The molecule has 0 atom stereocenters. The number of hydrogen-bond acceptors (Lipinski definition) is 3. The molecule has 1 aromatic rings. The van der Waals surface area contributed by atoms with Crippen LogP contribution in [0, 0.1) is 13.8 Å². The van der Waals surface area contributed by atoms with Gasteiger partial charge in [-0.15, -0.1) is 0 Å². The van der Waals surface area contributed by atoms with Crippen molar-refractivity contribution in [2.75, 3.05) is 13.6 Å². The topological polar surface area (TPSA) is 57.6 Å². The van der Waals surface area contributed by atoms with E-state index in [2.05, 4.69) is 0 Å². The average Bonchev–Trinajstić information content (AvgIpc) is 2.30. The van der Waals surface area contributed by atoms with Crippen LogP contribution in [0.2, 0.25) is 0 Å². The van der Waals surface area contributed by atoms with Gasteiger partial charge >= 0.3 is 0 Å². The first-order chi connectivity index (χ1) is 7.84. The molecular weight excluding hydrogens is 238 g/mol. The lowest BCUT2D eigenvalue weighted by Crippen LogP contribution is -2.27. The van der Waals surface area contributed by atoms with E-state index >= 15 is 0 Å². The van der Waals surface area contributed by atoms with E-state index in [1.807, 2.05) is 6.92 Å². The Hall–Kier alpha value is -0.910. The number of rotatable bonds is 4. The highest BCUT2D eigenvalue weighted by molar-refractivity contribution is 7.89. The van der Waals surface area contributed by atoms with Gasteiger partial charge in [-0.25, -0.2) is 12.7 Å². The minimum absolute atomic E-state index is 0.153. The summed E-state index contributed by atoms with van der Waals surface area (Å²) in [5, 5.41) is 9.13. The monoisotopic (exact) mass is 257 g/mol. The van der Waals surface area contributed by atoms with Gasteiger partial charge in [-0.3, -0.25) is 0 Å². The molecule has 0 bridgehead atoms. The Morgan fingerprint density at radius 2 is 1.88 bits per heavy atom. The molecule has 0 amide bonds. The van der Waals surface area contributed by atoms with Gasteiger partial charge in [0.2, 0.25) is 10.0 Å². The molecule has 0 heterocycles. The minimum Gasteiger partial charge on any atom is -0.392 e. The molecular formula is C12H19NO3S. The summed E-state index contributed by atoms with van der Waals surface area (Å²) in [4.78, 5) is 0.283. The van der Waals surface area contributed by atoms with Crippen LogP contribution in [0.4, 0.5) is 0 Å². The summed E-state index contributed by atoms with van der Waals surface area (Å²) >= 11 is 0. The van der Waals surface area contributed by atoms with Crippen molar-refractivity contribution in [1.29, 1.82) is 0 Å². The lowest BCUT2D eigenvalue weighted by Gasteiger charge is -2.18. The molecule has 0 saturated carbocycles. The van der Waals surface area contributed by atoms with E-state index in [1.165, 1.54) is 4.31 Å². The molecule has 0 aliphatic heterocycles. The summed E-state index contributed by atoms with van der Waals surface area (Å²) in [7, 11) is -1.90. The van der Waals surface area contributed by atoms with E-state index in [0.29, 0.717) is 12.1 Å². The summed E-state index contributed by atoms with van der Waals surface area (Å²) in [6.07, 6.45) is 0. The molecule has 1 rings (SSSR count). The maximum Gasteiger partial charge on any atom is 0.243 e. The predicted molar refractivity (Wildman–Crippen MR) is 67.3 cm³/mol. The molecule has 1 N–H and O–H groups in total. The Morgan fingerprint density at radius 1 is 1.29 bits per heavy atom. The number of benzene rings is 1. The van der Waals surface area contributed by atoms with Crippen molar-refractivity contribution in [2.24, 2.45) is 0 Å².